The molecule has 0 fully saturated rings. The fourth-order valence-corrected chi connectivity index (χ4v) is 1.93. The Balaban J connectivity index is 0.000000648. The summed E-state index contributed by atoms with van der Waals surface area (Å²) < 4.78 is 8.70. The molecule has 0 radical (unpaired) electrons. The summed E-state index contributed by atoms with van der Waals surface area (Å²) in [6.07, 6.45) is 0.509. The van der Waals surface area contributed by atoms with E-state index in [9.17, 15) is 20.1 Å². The molecule has 0 unspecified atom stereocenters. The Morgan fingerprint density at radius 3 is 1.79 bits per heavy atom. The molecule has 2 aromatic carbocycles. The lowest BCUT2D eigenvalue weighted by molar-refractivity contribution is 0.0977. The first-order chi connectivity index (χ1) is 11.2. The van der Waals surface area contributed by atoms with Gasteiger partial charge in [0.2, 0.25) is 0 Å². The first-order valence-corrected chi connectivity index (χ1v) is 7.78. The van der Waals surface area contributed by atoms with Crippen LogP contribution < -0.4 is 0 Å². The summed E-state index contributed by atoms with van der Waals surface area (Å²) in [5.41, 5.74) is 0.662. The average Bonchev–Trinajstić information content (AvgIpc) is 2.45. The van der Waals surface area contributed by atoms with Crippen LogP contribution in [0.3, 0.4) is 0 Å². The average molecular weight is 355 g/mol. The van der Waals surface area contributed by atoms with Crippen LogP contribution in [-0.2, 0) is 11.0 Å². The predicted molar refractivity (Wildman–Crippen MR) is 84.2 cm³/mol. The number of carbonyl (C=O) groups is 1. The molecule has 2 rings (SSSR count). The van der Waals surface area contributed by atoms with Crippen molar-refractivity contribution < 1.29 is 39.6 Å². The van der Waals surface area contributed by atoms with E-state index in [4.69, 9.17) is 19.5 Å². The Hall–Kier alpha value is -2.67. The van der Waals surface area contributed by atoms with Gasteiger partial charge >= 0.3 is 8.25 Å². The summed E-state index contributed by atoms with van der Waals surface area (Å²) in [6.45, 7) is 0. The predicted octanol–water partition coefficient (Wildman–Crippen LogP) is 1.95. The van der Waals surface area contributed by atoms with E-state index in [1.165, 1.54) is 12.1 Å². The molecule has 24 heavy (non-hydrogen) atoms. The fourth-order valence-electron chi connectivity index (χ4n) is 1.93. The number of carbonyl (C=O) groups excluding carboxylic acids is 1. The van der Waals surface area contributed by atoms with Crippen molar-refractivity contribution in [3.05, 3.63) is 47.5 Å². The minimum absolute atomic E-state index is 0.0939. The molecule has 0 bridgehead atoms. The lowest BCUT2D eigenvalue weighted by atomic mass is 10.0. The number of Topliss-reactive ketones (excluding diaryl/α,β-unsaturated/α-hetero) is 1. The van der Waals surface area contributed by atoms with Gasteiger partial charge in [-0.2, -0.15) is 0 Å². The van der Waals surface area contributed by atoms with Gasteiger partial charge < -0.3 is 20.4 Å². The molecule has 0 saturated heterocycles. The molecule has 0 aromatic heterocycles. The van der Waals surface area contributed by atoms with Crippen LogP contribution in [-0.4, -0.2) is 36.0 Å². The van der Waals surface area contributed by atoms with Crippen molar-refractivity contribution in [2.24, 2.45) is 0 Å². The van der Waals surface area contributed by atoms with E-state index in [1.807, 2.05) is 0 Å². The molecule has 0 amide bonds. The lowest BCUT2D eigenvalue weighted by Crippen LogP contribution is -2.02. The van der Waals surface area contributed by atoms with Crippen molar-refractivity contribution in [2.75, 3.05) is 0 Å². The van der Waals surface area contributed by atoms with E-state index in [1.54, 1.807) is 12.1 Å². The van der Waals surface area contributed by atoms with E-state index in [0.717, 1.165) is 17.7 Å². The summed E-state index contributed by atoms with van der Waals surface area (Å²) >= 11 is 0. The molecule has 0 saturated carbocycles. The molecular weight excluding hydrogens is 339 g/mol. The van der Waals surface area contributed by atoms with Crippen LogP contribution in [0.25, 0.3) is 0 Å². The zero-order valence-corrected chi connectivity index (χ0v) is 13.2. The number of aryl methyl sites for hydroxylation is 1. The van der Waals surface area contributed by atoms with Crippen LogP contribution in [0, 0.1) is 0 Å². The zero-order valence-electron chi connectivity index (χ0n) is 12.3. The normalized spacial score (nSPS) is 9.75. The Morgan fingerprint density at radius 1 is 0.875 bits per heavy atom. The van der Waals surface area contributed by atoms with Crippen molar-refractivity contribution in [3.8, 4) is 23.0 Å². The number of ketones is 1. The van der Waals surface area contributed by atoms with E-state index >= 15 is 0 Å². The second-order valence-electron chi connectivity index (χ2n) is 4.70. The topological polar surface area (TPSA) is 156 Å². The quantitative estimate of drug-likeness (QED) is 0.359. The summed E-state index contributed by atoms with van der Waals surface area (Å²) in [5.74, 6) is -1.48. The highest BCUT2D eigenvalue weighted by Crippen LogP contribution is 2.33. The first-order valence-electron chi connectivity index (χ1n) is 6.61. The first kappa shape index (κ1) is 19.4. The van der Waals surface area contributed by atoms with Crippen molar-refractivity contribution in [2.45, 2.75) is 12.8 Å². The molecule has 0 aliphatic carbocycles. The maximum atomic E-state index is 12.0. The van der Waals surface area contributed by atoms with Crippen LogP contribution in [0.15, 0.2) is 36.4 Å². The summed E-state index contributed by atoms with van der Waals surface area (Å²) in [7, 11) is -2.87. The largest absolute Gasteiger partial charge is 0.692 e. The van der Waals surface area contributed by atoms with Crippen molar-refractivity contribution in [3.63, 3.8) is 0 Å². The monoisotopic (exact) mass is 355 g/mol. The highest BCUT2D eigenvalue weighted by molar-refractivity contribution is 7.30. The highest BCUT2D eigenvalue weighted by Gasteiger charge is 2.17. The number of phenolic OH excluding ortho intramolecular Hbond substituents is 4. The number of rotatable bonds is 4. The third kappa shape index (κ3) is 6.21. The van der Waals surface area contributed by atoms with Gasteiger partial charge in [0.05, 0.1) is 0 Å². The van der Waals surface area contributed by atoms with Gasteiger partial charge in [0, 0.05) is 23.1 Å². The van der Waals surface area contributed by atoms with Crippen LogP contribution in [0.4, 0.5) is 0 Å². The summed E-state index contributed by atoms with van der Waals surface area (Å²) in [4.78, 5) is 26.2. The number of hydrogen-bond acceptors (Lipinski definition) is 6. The van der Waals surface area contributed by atoms with Gasteiger partial charge in [0.15, 0.2) is 5.78 Å². The van der Waals surface area contributed by atoms with Crippen LogP contribution in [0.1, 0.15) is 22.3 Å². The summed E-state index contributed by atoms with van der Waals surface area (Å²) in [6, 6.07) is 8.45. The molecule has 9 heteroatoms. The summed E-state index contributed by atoms with van der Waals surface area (Å²) in [5, 5.41) is 37.5. The van der Waals surface area contributed by atoms with Gasteiger partial charge in [-0.15, -0.1) is 9.79 Å². The van der Waals surface area contributed by atoms with Gasteiger partial charge in [0.1, 0.15) is 28.6 Å². The van der Waals surface area contributed by atoms with Crippen molar-refractivity contribution in [1.82, 2.24) is 0 Å². The second-order valence-corrected chi connectivity index (χ2v) is 5.21. The van der Waals surface area contributed by atoms with E-state index < -0.39 is 25.5 Å². The maximum Gasteiger partial charge on any atom is 0.692 e. The smallest absolute Gasteiger partial charge is 0.508 e. The number of benzene rings is 2. The molecule has 6 N–H and O–H groups in total. The van der Waals surface area contributed by atoms with Crippen LogP contribution >= 0.6 is 8.25 Å². The minimum atomic E-state index is -2.87. The SMILES string of the molecule is O=C(CCc1ccc(O)cc1)c1c(O)cc(O)cc1O.O=[P+](O)O. The Morgan fingerprint density at radius 2 is 1.33 bits per heavy atom. The van der Waals surface area contributed by atoms with Gasteiger partial charge in [-0.3, -0.25) is 4.79 Å². The van der Waals surface area contributed by atoms with Gasteiger partial charge in [-0.05, 0) is 24.1 Å². The molecule has 8 nitrogen and oxygen atoms in total. The Labute approximate surface area is 137 Å². The molecule has 0 heterocycles. The molecule has 0 aliphatic heterocycles. The van der Waals surface area contributed by atoms with Crippen molar-refractivity contribution in [1.29, 1.82) is 0 Å². The molecule has 0 atom stereocenters. The Kier molecular flexibility index (Phi) is 7.13. The van der Waals surface area contributed by atoms with Crippen LogP contribution in [0.2, 0.25) is 0 Å². The van der Waals surface area contributed by atoms with E-state index in [-0.39, 0.29) is 23.5 Å². The number of phenols is 4. The minimum Gasteiger partial charge on any atom is -0.508 e. The van der Waals surface area contributed by atoms with Gasteiger partial charge in [0.25, 0.3) is 0 Å². The van der Waals surface area contributed by atoms with Crippen LogP contribution in [0.5, 0.6) is 23.0 Å². The molecule has 0 aliphatic rings. The third-order valence-electron chi connectivity index (χ3n) is 2.94. The van der Waals surface area contributed by atoms with Gasteiger partial charge in [-0.25, -0.2) is 0 Å². The highest BCUT2D eigenvalue weighted by atomic mass is 31.1. The maximum absolute atomic E-state index is 12.0. The van der Waals surface area contributed by atoms with E-state index in [0.29, 0.717) is 6.42 Å². The molecule has 128 valence electrons. The molecule has 0 spiro atoms. The fraction of sp³-hybridized carbons (Fsp3) is 0.133. The van der Waals surface area contributed by atoms with Crippen molar-refractivity contribution >= 4 is 14.0 Å². The molecule has 2 aromatic rings. The standard InChI is InChI=1S/C15H14O5.HO3P/c16-10-4-1-9(2-5-10)3-6-12(18)15-13(19)7-11(17)8-14(15)20;1-4(2)3/h1-2,4-5,7-8,16-17,19-20H,3,6H2;(H-,1,2,3)/p+1. The third-order valence-corrected chi connectivity index (χ3v) is 2.94. The molecular formula is C15H16O8P+. The number of hydrogen-bond donors (Lipinski definition) is 6. The van der Waals surface area contributed by atoms with E-state index in [2.05, 4.69) is 0 Å². The number of aromatic hydroxyl groups is 4. The zero-order chi connectivity index (χ0) is 18.3. The Bertz CT molecular complexity index is 700. The van der Waals surface area contributed by atoms with Gasteiger partial charge in [-0.1, -0.05) is 12.1 Å². The second kappa shape index (κ2) is 8.83. The lowest BCUT2D eigenvalue weighted by Gasteiger charge is -2.07.